The molecule has 3 aromatic rings. The van der Waals surface area contributed by atoms with Crippen LogP contribution in [0.5, 0.6) is 0 Å². The normalized spacial score (nSPS) is 14.8. The number of methoxy groups -OCH3 is 1. The highest BCUT2D eigenvalue weighted by Crippen LogP contribution is 2.52. The highest BCUT2D eigenvalue weighted by Gasteiger charge is 2.53. The van der Waals surface area contributed by atoms with Gasteiger partial charge in [0.2, 0.25) is 5.91 Å². The number of esters is 1. The number of carbonyl (C=O) groups excluding carboxylic acids is 2. The van der Waals surface area contributed by atoms with Crippen LogP contribution in [-0.2, 0) is 14.9 Å². The van der Waals surface area contributed by atoms with Gasteiger partial charge in [0.05, 0.1) is 28.8 Å². The van der Waals surface area contributed by atoms with Gasteiger partial charge in [-0.05, 0) is 49.6 Å². The number of aryl methyl sites for hydroxylation is 1. The number of carbonyl (C=O) groups is 2. The van der Waals surface area contributed by atoms with E-state index in [1.165, 1.54) is 7.11 Å². The molecule has 1 aliphatic carbocycles. The van der Waals surface area contributed by atoms with Crippen molar-refractivity contribution in [3.63, 3.8) is 0 Å². The number of hydrogen-bond donors (Lipinski definition) is 2. The number of anilines is 1. The average Bonchev–Trinajstić information content (AvgIpc) is 3.39. The number of amides is 1. The summed E-state index contributed by atoms with van der Waals surface area (Å²) < 4.78 is 4.74. The molecule has 0 bridgehead atoms. The fourth-order valence-corrected chi connectivity index (χ4v) is 3.88. The Balaban J connectivity index is 1.69. The van der Waals surface area contributed by atoms with Gasteiger partial charge in [-0.2, -0.15) is 0 Å². The average molecular weight is 383 g/mol. The number of halogens is 1. The van der Waals surface area contributed by atoms with Gasteiger partial charge in [0.15, 0.2) is 0 Å². The van der Waals surface area contributed by atoms with Crippen LogP contribution in [0.15, 0.2) is 42.5 Å². The summed E-state index contributed by atoms with van der Waals surface area (Å²) in [6.45, 7) is 1.99. The van der Waals surface area contributed by atoms with E-state index in [1.54, 1.807) is 18.2 Å². The maximum Gasteiger partial charge on any atom is 0.337 e. The molecule has 0 unspecified atom stereocenters. The number of nitrogens with one attached hydrogen (secondary N) is 2. The van der Waals surface area contributed by atoms with E-state index >= 15 is 0 Å². The predicted molar refractivity (Wildman–Crippen MR) is 105 cm³/mol. The van der Waals surface area contributed by atoms with Crippen LogP contribution in [0.2, 0.25) is 5.02 Å². The molecule has 1 heterocycles. The quantitative estimate of drug-likeness (QED) is 0.648. The number of para-hydroxylation sites is 1. The minimum absolute atomic E-state index is 0.112. The summed E-state index contributed by atoms with van der Waals surface area (Å²) in [5, 5.41) is 4.36. The summed E-state index contributed by atoms with van der Waals surface area (Å²) in [6.07, 6.45) is 1.55. The standard InChI is InChI=1S/C21H19ClN2O3/c1-12-18(14-5-3-4-6-16(14)23-12)21(9-10-21)20(26)24-17-11-13(19(25)27-2)7-8-15(17)22/h3-8,11,23H,9-10H2,1-2H3,(H,24,26). The first kappa shape index (κ1) is 17.6. The molecule has 138 valence electrons. The molecule has 0 aliphatic heterocycles. The zero-order chi connectivity index (χ0) is 19.2. The minimum Gasteiger partial charge on any atom is -0.465 e. The molecule has 1 amide bonds. The van der Waals surface area contributed by atoms with Gasteiger partial charge in [-0.1, -0.05) is 29.8 Å². The van der Waals surface area contributed by atoms with Crippen molar-refractivity contribution in [1.29, 1.82) is 0 Å². The van der Waals surface area contributed by atoms with Crippen molar-refractivity contribution in [2.24, 2.45) is 0 Å². The first-order valence-corrected chi connectivity index (χ1v) is 9.11. The van der Waals surface area contributed by atoms with Gasteiger partial charge < -0.3 is 15.0 Å². The summed E-state index contributed by atoms with van der Waals surface area (Å²) in [5.74, 6) is -0.588. The van der Waals surface area contributed by atoms with Crippen LogP contribution in [0.3, 0.4) is 0 Å². The van der Waals surface area contributed by atoms with Crippen molar-refractivity contribution in [1.82, 2.24) is 4.98 Å². The molecule has 0 saturated heterocycles. The molecule has 2 N–H and O–H groups in total. The molecule has 0 atom stereocenters. The maximum absolute atomic E-state index is 13.2. The van der Waals surface area contributed by atoms with Crippen molar-refractivity contribution in [2.45, 2.75) is 25.2 Å². The Labute approximate surface area is 161 Å². The first-order valence-electron chi connectivity index (χ1n) is 8.73. The van der Waals surface area contributed by atoms with E-state index in [9.17, 15) is 9.59 Å². The molecule has 6 heteroatoms. The topological polar surface area (TPSA) is 71.2 Å². The van der Waals surface area contributed by atoms with Crippen LogP contribution in [0, 0.1) is 6.92 Å². The summed E-state index contributed by atoms with van der Waals surface area (Å²) in [4.78, 5) is 28.3. The molecule has 0 spiro atoms. The molecule has 5 nitrogen and oxygen atoms in total. The highest BCUT2D eigenvalue weighted by molar-refractivity contribution is 6.34. The van der Waals surface area contributed by atoms with Crippen molar-refractivity contribution >= 4 is 40.1 Å². The first-order chi connectivity index (χ1) is 13.0. The Kier molecular flexibility index (Phi) is 4.19. The lowest BCUT2D eigenvalue weighted by molar-refractivity contribution is -0.118. The lowest BCUT2D eigenvalue weighted by Gasteiger charge is -2.17. The van der Waals surface area contributed by atoms with Crippen molar-refractivity contribution in [3.8, 4) is 0 Å². The van der Waals surface area contributed by atoms with E-state index in [0.717, 1.165) is 35.0 Å². The Morgan fingerprint density at radius 1 is 1.19 bits per heavy atom. The monoisotopic (exact) mass is 382 g/mol. The number of hydrogen-bond acceptors (Lipinski definition) is 3. The maximum atomic E-state index is 13.2. The summed E-state index contributed by atoms with van der Waals surface area (Å²) in [5.41, 5.74) is 3.23. The van der Waals surface area contributed by atoms with Crippen LogP contribution < -0.4 is 5.32 Å². The molecule has 1 saturated carbocycles. The van der Waals surface area contributed by atoms with Crippen LogP contribution >= 0.6 is 11.6 Å². The number of aromatic amines is 1. The van der Waals surface area contributed by atoms with E-state index in [0.29, 0.717) is 16.3 Å². The molecule has 4 rings (SSSR count). The zero-order valence-corrected chi connectivity index (χ0v) is 15.8. The lowest BCUT2D eigenvalue weighted by atomic mass is 9.92. The molecular weight excluding hydrogens is 364 g/mol. The van der Waals surface area contributed by atoms with E-state index in [4.69, 9.17) is 16.3 Å². The van der Waals surface area contributed by atoms with Gasteiger partial charge in [-0.15, -0.1) is 0 Å². The summed E-state index contributed by atoms with van der Waals surface area (Å²) in [6, 6.07) is 12.7. The Morgan fingerprint density at radius 3 is 2.63 bits per heavy atom. The van der Waals surface area contributed by atoms with E-state index in [2.05, 4.69) is 10.3 Å². The van der Waals surface area contributed by atoms with Gasteiger partial charge in [-0.3, -0.25) is 4.79 Å². The van der Waals surface area contributed by atoms with Crippen LogP contribution in [0.4, 0.5) is 5.69 Å². The molecule has 27 heavy (non-hydrogen) atoms. The van der Waals surface area contributed by atoms with E-state index in [1.807, 2.05) is 31.2 Å². The highest BCUT2D eigenvalue weighted by atomic mass is 35.5. The smallest absolute Gasteiger partial charge is 0.337 e. The number of benzene rings is 2. The van der Waals surface area contributed by atoms with Gasteiger partial charge in [0, 0.05) is 16.6 Å². The molecule has 1 fully saturated rings. The molecule has 1 aliphatic rings. The molecule has 1 aromatic heterocycles. The third-order valence-electron chi connectivity index (χ3n) is 5.19. The van der Waals surface area contributed by atoms with Gasteiger partial charge in [0.1, 0.15) is 0 Å². The summed E-state index contributed by atoms with van der Waals surface area (Å²) in [7, 11) is 1.31. The second-order valence-electron chi connectivity index (χ2n) is 6.89. The predicted octanol–water partition coefficient (Wildman–Crippen LogP) is 4.59. The lowest BCUT2D eigenvalue weighted by Crippen LogP contribution is -2.28. The molecular formula is C21H19ClN2O3. The van der Waals surface area contributed by atoms with Crippen molar-refractivity contribution in [3.05, 3.63) is 64.3 Å². The minimum atomic E-state index is -0.575. The van der Waals surface area contributed by atoms with Gasteiger partial charge >= 0.3 is 5.97 Å². The Hall–Kier alpha value is -2.79. The Bertz CT molecular complexity index is 1070. The number of H-pyrrole nitrogens is 1. The number of rotatable bonds is 4. The van der Waals surface area contributed by atoms with E-state index < -0.39 is 11.4 Å². The summed E-state index contributed by atoms with van der Waals surface area (Å²) >= 11 is 6.24. The van der Waals surface area contributed by atoms with E-state index in [-0.39, 0.29) is 5.91 Å². The van der Waals surface area contributed by atoms with Crippen molar-refractivity contribution in [2.75, 3.05) is 12.4 Å². The second kappa shape index (κ2) is 6.43. The van der Waals surface area contributed by atoms with Crippen LogP contribution in [-0.4, -0.2) is 24.0 Å². The number of ether oxygens (including phenoxy) is 1. The third-order valence-corrected chi connectivity index (χ3v) is 5.52. The number of fused-ring (bicyclic) bond motifs is 1. The molecule has 2 aromatic carbocycles. The van der Waals surface area contributed by atoms with Crippen LogP contribution in [0.1, 0.15) is 34.5 Å². The molecule has 0 radical (unpaired) electrons. The van der Waals surface area contributed by atoms with Gasteiger partial charge in [-0.25, -0.2) is 4.79 Å². The van der Waals surface area contributed by atoms with Crippen LogP contribution in [0.25, 0.3) is 10.9 Å². The third kappa shape index (κ3) is 2.88. The Morgan fingerprint density at radius 2 is 1.93 bits per heavy atom. The van der Waals surface area contributed by atoms with Gasteiger partial charge in [0.25, 0.3) is 0 Å². The van der Waals surface area contributed by atoms with Crippen molar-refractivity contribution < 1.29 is 14.3 Å². The fourth-order valence-electron chi connectivity index (χ4n) is 3.72. The zero-order valence-electron chi connectivity index (χ0n) is 15.1. The number of aromatic nitrogens is 1. The second-order valence-corrected chi connectivity index (χ2v) is 7.30. The largest absolute Gasteiger partial charge is 0.465 e. The fraction of sp³-hybridized carbons (Fsp3) is 0.238. The SMILES string of the molecule is COC(=O)c1ccc(Cl)c(NC(=O)C2(c3c(C)[nH]c4ccccc34)CC2)c1.